The molecular formula is C12H12BrF2NO3S2. The van der Waals surface area contributed by atoms with E-state index in [0.717, 1.165) is 23.3 Å². The molecule has 1 fully saturated rings. The van der Waals surface area contributed by atoms with Crippen molar-refractivity contribution in [3.05, 3.63) is 33.8 Å². The van der Waals surface area contributed by atoms with Crippen molar-refractivity contribution in [2.75, 3.05) is 24.3 Å². The van der Waals surface area contributed by atoms with Gasteiger partial charge in [0.1, 0.15) is 22.6 Å². The highest BCUT2D eigenvalue weighted by Gasteiger charge is 2.36. The van der Waals surface area contributed by atoms with Crippen LogP contribution in [0, 0.1) is 11.6 Å². The van der Waals surface area contributed by atoms with Crippen molar-refractivity contribution in [2.24, 2.45) is 0 Å². The molecular weight excluding hydrogens is 388 g/mol. The summed E-state index contributed by atoms with van der Waals surface area (Å²) in [6, 6.07) is 1.95. The van der Waals surface area contributed by atoms with Gasteiger partial charge in [-0.2, -0.15) is 11.8 Å². The molecule has 1 amide bonds. The Bertz CT molecular complexity index is 658. The molecule has 9 heteroatoms. The van der Waals surface area contributed by atoms with Crippen molar-refractivity contribution >= 4 is 43.4 Å². The van der Waals surface area contributed by atoms with Crippen LogP contribution in [0.5, 0.6) is 0 Å². The van der Waals surface area contributed by atoms with Crippen molar-refractivity contribution in [2.45, 2.75) is 5.37 Å². The Morgan fingerprint density at radius 3 is 2.48 bits per heavy atom. The lowest BCUT2D eigenvalue weighted by Crippen LogP contribution is -2.50. The zero-order chi connectivity index (χ0) is 15.8. The van der Waals surface area contributed by atoms with Crippen LogP contribution in [0.1, 0.15) is 10.4 Å². The van der Waals surface area contributed by atoms with Crippen LogP contribution >= 0.6 is 27.7 Å². The fraction of sp³-hybridized carbons (Fsp3) is 0.417. The quantitative estimate of drug-likeness (QED) is 0.765. The molecule has 0 bridgehead atoms. The molecule has 0 saturated carbocycles. The van der Waals surface area contributed by atoms with Gasteiger partial charge in [-0.1, -0.05) is 15.9 Å². The molecule has 0 aliphatic carbocycles. The van der Waals surface area contributed by atoms with Gasteiger partial charge in [-0.3, -0.25) is 4.79 Å². The van der Waals surface area contributed by atoms with Crippen LogP contribution in [0.25, 0.3) is 0 Å². The summed E-state index contributed by atoms with van der Waals surface area (Å²) in [6.45, 7) is 0.135. The van der Waals surface area contributed by atoms with Gasteiger partial charge in [0.2, 0.25) is 0 Å². The highest BCUT2D eigenvalue weighted by molar-refractivity contribution is 9.10. The Hall–Kier alpha value is -0.670. The predicted molar refractivity (Wildman–Crippen MR) is 81.1 cm³/mol. The Morgan fingerprint density at radius 1 is 1.38 bits per heavy atom. The largest absolute Gasteiger partial charge is 0.320 e. The van der Waals surface area contributed by atoms with Crippen molar-refractivity contribution < 1.29 is 22.0 Å². The van der Waals surface area contributed by atoms with Gasteiger partial charge in [0.05, 0.1) is 0 Å². The zero-order valence-corrected chi connectivity index (χ0v) is 14.2. The number of rotatable bonds is 2. The van der Waals surface area contributed by atoms with Gasteiger partial charge in [0.15, 0.2) is 9.84 Å². The molecule has 1 aromatic rings. The standard InChI is InChI=1S/C12H12BrF2NO3S2/c1-21(18,19)10-6-20-3-2-16(10)12(17)11-8(14)4-7(13)5-9(11)15/h4-5,10H,2-3,6H2,1H3. The number of hydrogen-bond acceptors (Lipinski definition) is 4. The molecule has 1 aliphatic rings. The monoisotopic (exact) mass is 399 g/mol. The first-order valence-corrected chi connectivity index (χ1v) is 9.84. The fourth-order valence-corrected chi connectivity index (χ4v) is 5.28. The molecule has 0 spiro atoms. The highest BCUT2D eigenvalue weighted by atomic mass is 79.9. The van der Waals surface area contributed by atoms with E-state index < -0.39 is 38.3 Å². The molecule has 1 unspecified atom stereocenters. The number of sulfone groups is 1. The summed E-state index contributed by atoms with van der Waals surface area (Å²) >= 11 is 4.32. The van der Waals surface area contributed by atoms with Crippen molar-refractivity contribution in [1.82, 2.24) is 4.90 Å². The van der Waals surface area contributed by atoms with Crippen molar-refractivity contribution in [3.8, 4) is 0 Å². The number of hydrogen-bond donors (Lipinski definition) is 0. The van der Waals surface area contributed by atoms with Crippen LogP contribution in [0.4, 0.5) is 8.78 Å². The third kappa shape index (κ3) is 3.57. The number of thioether (sulfide) groups is 1. The lowest BCUT2D eigenvalue weighted by molar-refractivity contribution is 0.0739. The van der Waals surface area contributed by atoms with Crippen LogP contribution in [-0.2, 0) is 9.84 Å². The van der Waals surface area contributed by atoms with Gasteiger partial charge >= 0.3 is 0 Å². The minimum atomic E-state index is -3.53. The zero-order valence-electron chi connectivity index (χ0n) is 11.0. The molecule has 1 atom stereocenters. The van der Waals surface area contributed by atoms with Crippen LogP contribution in [0.3, 0.4) is 0 Å². The third-order valence-electron chi connectivity index (χ3n) is 3.06. The number of benzene rings is 1. The number of halogens is 3. The van der Waals surface area contributed by atoms with Gasteiger partial charge in [0.25, 0.3) is 5.91 Å². The summed E-state index contributed by atoms with van der Waals surface area (Å²) in [5.74, 6) is -2.25. The summed E-state index contributed by atoms with van der Waals surface area (Å²) in [5.41, 5.74) is -0.723. The van der Waals surface area contributed by atoms with Crippen LogP contribution in [0.2, 0.25) is 0 Å². The minimum Gasteiger partial charge on any atom is -0.320 e. The lowest BCUT2D eigenvalue weighted by atomic mass is 10.1. The molecule has 2 rings (SSSR count). The Morgan fingerprint density at radius 2 is 1.95 bits per heavy atom. The summed E-state index contributed by atoms with van der Waals surface area (Å²) in [5, 5.41) is -1.06. The lowest BCUT2D eigenvalue weighted by Gasteiger charge is -2.34. The molecule has 1 heterocycles. The first-order valence-electron chi connectivity index (χ1n) is 5.94. The summed E-state index contributed by atoms with van der Waals surface area (Å²) in [6.07, 6.45) is 1.01. The Labute approximate surface area is 133 Å². The van der Waals surface area contributed by atoms with E-state index in [1.807, 2.05) is 0 Å². The van der Waals surface area contributed by atoms with E-state index >= 15 is 0 Å². The maximum atomic E-state index is 13.9. The first-order chi connectivity index (χ1) is 9.71. The molecule has 0 radical (unpaired) electrons. The average molecular weight is 400 g/mol. The van der Waals surface area contributed by atoms with E-state index in [1.54, 1.807) is 0 Å². The van der Waals surface area contributed by atoms with Crippen LogP contribution in [0.15, 0.2) is 16.6 Å². The van der Waals surface area contributed by atoms with Gasteiger partial charge in [-0.05, 0) is 12.1 Å². The second-order valence-corrected chi connectivity index (χ2v) is 8.87. The molecule has 1 aromatic carbocycles. The van der Waals surface area contributed by atoms with E-state index in [9.17, 15) is 22.0 Å². The molecule has 0 N–H and O–H groups in total. The van der Waals surface area contributed by atoms with Crippen molar-refractivity contribution in [3.63, 3.8) is 0 Å². The van der Waals surface area contributed by atoms with Gasteiger partial charge in [-0.25, -0.2) is 17.2 Å². The van der Waals surface area contributed by atoms with E-state index in [-0.39, 0.29) is 16.8 Å². The predicted octanol–water partition coefficient (Wildman–Crippen LogP) is 2.29. The minimum absolute atomic E-state index is 0.135. The third-order valence-corrected chi connectivity index (χ3v) is 6.16. The topological polar surface area (TPSA) is 54.5 Å². The maximum absolute atomic E-state index is 13.9. The van der Waals surface area contributed by atoms with Crippen molar-refractivity contribution in [1.29, 1.82) is 0 Å². The highest BCUT2D eigenvalue weighted by Crippen LogP contribution is 2.26. The number of carbonyl (C=O) groups excluding carboxylic acids is 1. The van der Waals surface area contributed by atoms with E-state index in [1.165, 1.54) is 11.8 Å². The van der Waals surface area contributed by atoms with Gasteiger partial charge < -0.3 is 4.90 Å². The molecule has 21 heavy (non-hydrogen) atoms. The first kappa shape index (κ1) is 16.7. The second-order valence-electron chi connectivity index (χ2n) is 4.60. The SMILES string of the molecule is CS(=O)(=O)C1CSCCN1C(=O)c1c(F)cc(Br)cc1F. The summed E-state index contributed by atoms with van der Waals surface area (Å²) in [7, 11) is -3.53. The smallest absolute Gasteiger partial charge is 0.260 e. The van der Waals surface area contributed by atoms with Gasteiger partial charge in [0, 0.05) is 28.8 Å². The number of nitrogens with zero attached hydrogens (tertiary/aromatic N) is 1. The molecule has 1 saturated heterocycles. The Kier molecular flexibility index (Phi) is 4.94. The maximum Gasteiger partial charge on any atom is 0.260 e. The molecule has 116 valence electrons. The second kappa shape index (κ2) is 6.21. The average Bonchev–Trinajstić information content (AvgIpc) is 2.36. The van der Waals surface area contributed by atoms with Crippen LogP contribution in [-0.4, -0.2) is 48.9 Å². The fourth-order valence-electron chi connectivity index (χ4n) is 2.06. The number of amides is 1. The van der Waals surface area contributed by atoms with Gasteiger partial charge in [-0.15, -0.1) is 0 Å². The number of carbonyl (C=O) groups is 1. The van der Waals surface area contributed by atoms with E-state index in [2.05, 4.69) is 15.9 Å². The normalized spacial score (nSPS) is 19.6. The van der Waals surface area contributed by atoms with Crippen LogP contribution < -0.4 is 0 Å². The molecule has 1 aliphatic heterocycles. The van der Waals surface area contributed by atoms with E-state index in [4.69, 9.17) is 0 Å². The summed E-state index contributed by atoms with van der Waals surface area (Å²) in [4.78, 5) is 13.4. The Balaban J connectivity index is 2.43. The molecule has 4 nitrogen and oxygen atoms in total. The summed E-state index contributed by atoms with van der Waals surface area (Å²) < 4.78 is 51.4. The molecule has 0 aromatic heterocycles. The van der Waals surface area contributed by atoms with E-state index in [0.29, 0.717) is 5.75 Å².